The third-order valence-corrected chi connectivity index (χ3v) is 8.68. The molecule has 2 saturated heterocycles. The fraction of sp³-hybridized carbons (Fsp3) is 0.483. The predicted molar refractivity (Wildman–Crippen MR) is 148 cm³/mol. The summed E-state index contributed by atoms with van der Waals surface area (Å²) in [6.45, 7) is 5.70. The topological polar surface area (TPSA) is 87.7 Å². The Morgan fingerprint density at radius 1 is 1.21 bits per heavy atom. The second-order valence-electron chi connectivity index (χ2n) is 10.6. The molecule has 4 heterocycles. The number of piperidine rings is 1. The van der Waals surface area contributed by atoms with E-state index in [1.54, 1.807) is 0 Å². The first-order chi connectivity index (χ1) is 18.5. The van der Waals surface area contributed by atoms with Crippen LogP contribution in [-0.2, 0) is 4.74 Å². The normalized spacial score (nSPS) is 23.9. The smallest absolute Gasteiger partial charge is 0.229 e. The van der Waals surface area contributed by atoms with Crippen LogP contribution in [0.1, 0.15) is 61.7 Å². The minimum atomic E-state index is 0.0710. The number of likely N-dealkylation sites (N-methyl/N-ethyl adjacent to an activating group) is 1. The molecule has 1 aliphatic carbocycles. The van der Waals surface area contributed by atoms with Crippen molar-refractivity contribution in [3.63, 3.8) is 0 Å². The number of ether oxygens (including phenoxy) is 2. The van der Waals surface area contributed by atoms with Gasteiger partial charge in [-0.25, -0.2) is 0 Å². The van der Waals surface area contributed by atoms with Gasteiger partial charge in [-0.2, -0.15) is 10.2 Å². The standard InChI is InChI=1S/C29H32BrN5O3/c1-18-5-3-4-6-22(18)28-32-29(38-33-28)19-7-10-35(11-8-19)27-20(15-31)16-34(2)25-14-26(24(30)13-23(25)27)37-21-9-12-36-17-21/h3-5,13-14,19,21-22H,6-12,16-17H2,1-2H3. The molecule has 9 heteroatoms. The second kappa shape index (κ2) is 10.6. The number of hydrogen-bond donors (Lipinski definition) is 0. The largest absolute Gasteiger partial charge is 0.487 e. The summed E-state index contributed by atoms with van der Waals surface area (Å²) in [6.07, 6.45) is 10.0. The molecule has 6 rings (SSSR count). The molecule has 38 heavy (non-hydrogen) atoms. The Hall–Kier alpha value is -3.09. The first-order valence-corrected chi connectivity index (χ1v) is 14.2. The third kappa shape index (κ3) is 4.76. The molecule has 0 radical (unpaired) electrons. The van der Waals surface area contributed by atoms with E-state index in [1.807, 2.05) is 7.05 Å². The number of allylic oxidation sites excluding steroid dienone is 4. The molecule has 0 spiro atoms. The number of hydrogen-bond acceptors (Lipinski definition) is 8. The molecule has 1 aromatic heterocycles. The van der Waals surface area contributed by atoms with Gasteiger partial charge in [0, 0.05) is 55.7 Å². The van der Waals surface area contributed by atoms with Gasteiger partial charge in [-0.1, -0.05) is 29.0 Å². The van der Waals surface area contributed by atoms with Crippen LogP contribution >= 0.6 is 15.9 Å². The predicted octanol–water partition coefficient (Wildman–Crippen LogP) is 5.55. The monoisotopic (exact) mass is 577 g/mol. The number of likely N-dealkylation sites (tertiary alicyclic amines) is 1. The maximum atomic E-state index is 10.1. The van der Waals surface area contributed by atoms with Crippen LogP contribution in [0, 0.1) is 11.3 Å². The highest BCUT2D eigenvalue weighted by molar-refractivity contribution is 9.10. The summed E-state index contributed by atoms with van der Waals surface area (Å²) in [6, 6.07) is 6.68. The van der Waals surface area contributed by atoms with Gasteiger partial charge in [0.1, 0.15) is 11.9 Å². The molecule has 2 atom stereocenters. The Kier molecular flexibility index (Phi) is 7.02. The minimum absolute atomic E-state index is 0.0710. The molecule has 3 aliphatic heterocycles. The van der Waals surface area contributed by atoms with Gasteiger partial charge in [0.25, 0.3) is 0 Å². The van der Waals surface area contributed by atoms with Crippen molar-refractivity contribution in [1.82, 2.24) is 15.0 Å². The van der Waals surface area contributed by atoms with Gasteiger partial charge in [0.2, 0.25) is 5.89 Å². The molecule has 8 nitrogen and oxygen atoms in total. The molecular weight excluding hydrogens is 546 g/mol. The van der Waals surface area contributed by atoms with E-state index in [9.17, 15) is 5.26 Å². The molecular formula is C29H32BrN5O3. The van der Waals surface area contributed by atoms with Gasteiger partial charge in [-0.15, -0.1) is 0 Å². The van der Waals surface area contributed by atoms with E-state index in [1.165, 1.54) is 5.57 Å². The lowest BCUT2D eigenvalue weighted by atomic mass is 9.91. The lowest BCUT2D eigenvalue weighted by molar-refractivity contribution is 0.141. The van der Waals surface area contributed by atoms with Crippen LogP contribution in [0.15, 0.2) is 50.5 Å². The summed E-state index contributed by atoms with van der Waals surface area (Å²) in [5, 5.41) is 14.4. The van der Waals surface area contributed by atoms with E-state index in [0.717, 1.165) is 89.8 Å². The molecule has 2 unspecified atom stereocenters. The van der Waals surface area contributed by atoms with Crippen LogP contribution in [-0.4, -0.2) is 61.0 Å². The first kappa shape index (κ1) is 25.2. The first-order valence-electron chi connectivity index (χ1n) is 13.4. The van der Waals surface area contributed by atoms with E-state index >= 15 is 0 Å². The quantitative estimate of drug-likeness (QED) is 0.456. The van der Waals surface area contributed by atoms with Crippen LogP contribution in [0.4, 0.5) is 5.69 Å². The Labute approximate surface area is 231 Å². The summed E-state index contributed by atoms with van der Waals surface area (Å²) in [7, 11) is 2.03. The zero-order valence-corrected chi connectivity index (χ0v) is 23.4. The maximum absolute atomic E-state index is 10.1. The van der Waals surface area contributed by atoms with E-state index in [-0.39, 0.29) is 17.9 Å². The number of nitrogens with zero attached hydrogens (tertiary/aromatic N) is 5. The lowest BCUT2D eigenvalue weighted by Gasteiger charge is -2.39. The highest BCUT2D eigenvalue weighted by atomic mass is 79.9. The zero-order chi connectivity index (χ0) is 26.2. The average molecular weight is 579 g/mol. The van der Waals surface area contributed by atoms with Gasteiger partial charge in [0.15, 0.2) is 5.82 Å². The number of nitriles is 1. The Morgan fingerprint density at radius 3 is 2.79 bits per heavy atom. The number of anilines is 1. The van der Waals surface area contributed by atoms with Crippen molar-refractivity contribution < 1.29 is 14.0 Å². The highest BCUT2D eigenvalue weighted by Gasteiger charge is 2.33. The van der Waals surface area contributed by atoms with Crippen molar-refractivity contribution in [2.24, 2.45) is 0 Å². The van der Waals surface area contributed by atoms with Crippen LogP contribution < -0.4 is 9.64 Å². The summed E-state index contributed by atoms with van der Waals surface area (Å²) >= 11 is 3.73. The second-order valence-corrected chi connectivity index (χ2v) is 11.4. The van der Waals surface area contributed by atoms with Crippen LogP contribution in [0.5, 0.6) is 5.75 Å². The Balaban J connectivity index is 1.21. The van der Waals surface area contributed by atoms with E-state index < -0.39 is 0 Å². The van der Waals surface area contributed by atoms with E-state index in [4.69, 9.17) is 19.0 Å². The van der Waals surface area contributed by atoms with E-state index in [2.05, 4.69) is 74.2 Å². The van der Waals surface area contributed by atoms with Crippen molar-refractivity contribution in [2.45, 2.75) is 50.5 Å². The van der Waals surface area contributed by atoms with E-state index in [0.29, 0.717) is 13.2 Å². The van der Waals surface area contributed by atoms with Crippen molar-refractivity contribution in [3.8, 4) is 11.8 Å². The van der Waals surface area contributed by atoms with Crippen LogP contribution in [0.25, 0.3) is 5.70 Å². The minimum Gasteiger partial charge on any atom is -0.487 e. The fourth-order valence-electron chi connectivity index (χ4n) is 5.88. The fourth-order valence-corrected chi connectivity index (χ4v) is 6.32. The van der Waals surface area contributed by atoms with Gasteiger partial charge in [-0.05, 0) is 48.2 Å². The summed E-state index contributed by atoms with van der Waals surface area (Å²) in [5.74, 6) is 2.76. The van der Waals surface area contributed by atoms with Gasteiger partial charge < -0.3 is 23.8 Å². The number of fused-ring (bicyclic) bond motifs is 1. The number of aromatic nitrogens is 2. The third-order valence-electron chi connectivity index (χ3n) is 8.06. The molecule has 0 bridgehead atoms. The molecule has 1 aromatic carbocycles. The maximum Gasteiger partial charge on any atom is 0.229 e. The van der Waals surface area contributed by atoms with Crippen molar-refractivity contribution in [2.75, 3.05) is 44.8 Å². The van der Waals surface area contributed by atoms with Crippen molar-refractivity contribution in [1.29, 1.82) is 5.26 Å². The summed E-state index contributed by atoms with van der Waals surface area (Å²) in [4.78, 5) is 9.30. The van der Waals surface area contributed by atoms with Gasteiger partial charge >= 0.3 is 0 Å². The summed E-state index contributed by atoms with van der Waals surface area (Å²) in [5.41, 5.74) is 5.21. The summed E-state index contributed by atoms with van der Waals surface area (Å²) < 4.78 is 18.4. The molecule has 0 saturated carbocycles. The molecule has 198 valence electrons. The number of rotatable bonds is 5. The number of benzene rings is 1. The van der Waals surface area contributed by atoms with Crippen LogP contribution in [0.2, 0.25) is 0 Å². The molecule has 2 fully saturated rings. The highest BCUT2D eigenvalue weighted by Crippen LogP contribution is 2.44. The lowest BCUT2D eigenvalue weighted by Crippen LogP contribution is -2.36. The van der Waals surface area contributed by atoms with Crippen LogP contribution in [0.3, 0.4) is 0 Å². The SMILES string of the molecule is CC1=CC=CCC1c1noc(C2CCN(C3=C(C#N)CN(C)c4cc(OC5CCOC5)c(Br)cc43)CC2)n1. The molecule has 0 N–H and O–H groups in total. The Bertz CT molecular complexity index is 1340. The number of halogens is 1. The van der Waals surface area contributed by atoms with Gasteiger partial charge in [0.05, 0.1) is 41.6 Å². The molecule has 4 aliphatic rings. The molecule has 2 aromatic rings. The van der Waals surface area contributed by atoms with Crippen molar-refractivity contribution >= 4 is 27.3 Å². The van der Waals surface area contributed by atoms with Crippen molar-refractivity contribution in [3.05, 3.63) is 63.3 Å². The van der Waals surface area contributed by atoms with Gasteiger partial charge in [-0.3, -0.25) is 0 Å². The zero-order valence-electron chi connectivity index (χ0n) is 21.8. The average Bonchev–Trinajstić information content (AvgIpc) is 3.63. The Morgan fingerprint density at radius 2 is 2.05 bits per heavy atom. The molecule has 0 amide bonds.